The molecule has 2 aromatic carbocycles. The van der Waals surface area contributed by atoms with E-state index in [1.807, 2.05) is 9.80 Å². The summed E-state index contributed by atoms with van der Waals surface area (Å²) in [6, 6.07) is 12.6. The number of hydrogen-bond acceptors (Lipinski definition) is 12. The monoisotopic (exact) mass is 627 g/mol. The SMILES string of the molecule is N[C@@H]1C[C@H](N)CN(c2nc(Nc3ccc(C(=O)CC(=O)N(Cl)c4ccc(Cl)cc4)cc3)nc(N3C[C@H](N)C[C@H](N)C3)n2)C1. The lowest BCUT2D eigenvalue weighted by molar-refractivity contribution is -0.116. The quantitative estimate of drug-likeness (QED) is 0.138. The molecule has 0 radical (unpaired) electrons. The van der Waals surface area contributed by atoms with Crippen LogP contribution in [-0.4, -0.2) is 77.0 Å². The average molecular weight is 629 g/mol. The van der Waals surface area contributed by atoms with Gasteiger partial charge in [0.25, 0.3) is 0 Å². The minimum absolute atomic E-state index is 0.105. The van der Waals surface area contributed by atoms with Gasteiger partial charge in [0.1, 0.15) is 0 Å². The molecule has 13 nitrogen and oxygen atoms in total. The van der Waals surface area contributed by atoms with Gasteiger partial charge >= 0.3 is 0 Å². The fraction of sp³-hybridized carbons (Fsp3) is 0.393. The van der Waals surface area contributed by atoms with Gasteiger partial charge in [-0.1, -0.05) is 11.6 Å². The van der Waals surface area contributed by atoms with Crippen molar-refractivity contribution in [1.82, 2.24) is 15.0 Å². The van der Waals surface area contributed by atoms with Gasteiger partial charge in [-0.3, -0.25) is 9.59 Å². The third-order valence-electron chi connectivity index (χ3n) is 7.26. The van der Waals surface area contributed by atoms with Gasteiger partial charge in [0.2, 0.25) is 23.8 Å². The van der Waals surface area contributed by atoms with Crippen molar-refractivity contribution in [3.05, 3.63) is 59.1 Å². The lowest BCUT2D eigenvalue weighted by atomic mass is 10.0. The molecule has 9 N–H and O–H groups in total. The predicted molar refractivity (Wildman–Crippen MR) is 169 cm³/mol. The molecule has 2 aliphatic heterocycles. The van der Waals surface area contributed by atoms with E-state index in [1.165, 1.54) is 0 Å². The first-order valence-corrected chi connectivity index (χ1v) is 14.7. The first-order chi connectivity index (χ1) is 20.5. The summed E-state index contributed by atoms with van der Waals surface area (Å²) in [5.41, 5.74) is 26.3. The molecule has 0 saturated carbocycles. The molecule has 228 valence electrons. The zero-order valence-electron chi connectivity index (χ0n) is 23.4. The van der Waals surface area contributed by atoms with Crippen LogP contribution in [0, 0.1) is 0 Å². The number of nitrogens with one attached hydrogen (secondary N) is 1. The molecule has 1 aromatic heterocycles. The van der Waals surface area contributed by atoms with Gasteiger partial charge in [-0.05, 0) is 61.4 Å². The van der Waals surface area contributed by atoms with Crippen molar-refractivity contribution in [2.45, 2.75) is 43.4 Å². The Morgan fingerprint density at radius 2 is 1.28 bits per heavy atom. The number of carbonyl (C=O) groups excluding carboxylic acids is 2. The Bertz CT molecular complexity index is 1380. The summed E-state index contributed by atoms with van der Waals surface area (Å²) < 4.78 is 0.907. The van der Waals surface area contributed by atoms with Crippen LogP contribution >= 0.6 is 23.4 Å². The third kappa shape index (κ3) is 7.88. The lowest BCUT2D eigenvalue weighted by Gasteiger charge is -2.37. The van der Waals surface area contributed by atoms with Crippen molar-refractivity contribution in [2.24, 2.45) is 22.9 Å². The van der Waals surface area contributed by atoms with Crippen LogP contribution < -0.4 is 42.5 Å². The maximum Gasteiger partial charge on any atom is 0.249 e. The van der Waals surface area contributed by atoms with Crippen LogP contribution in [-0.2, 0) is 4.79 Å². The second-order valence-electron chi connectivity index (χ2n) is 11.0. The zero-order valence-corrected chi connectivity index (χ0v) is 25.0. The molecule has 5 rings (SSSR count). The second kappa shape index (κ2) is 13.4. The van der Waals surface area contributed by atoms with Gasteiger partial charge in [-0.15, -0.1) is 0 Å². The molecule has 2 fully saturated rings. The first-order valence-electron chi connectivity index (χ1n) is 14.0. The highest BCUT2D eigenvalue weighted by molar-refractivity contribution is 6.38. The summed E-state index contributed by atoms with van der Waals surface area (Å²) in [5.74, 6) is 0.257. The minimum Gasteiger partial charge on any atom is -0.338 e. The number of Topliss-reactive ketones (excluding diaryl/α,β-unsaturated/α-hetero) is 1. The van der Waals surface area contributed by atoms with Gasteiger partial charge in [-0.25, -0.2) is 4.42 Å². The summed E-state index contributed by atoms with van der Waals surface area (Å²) in [6.45, 7) is 2.23. The van der Waals surface area contributed by atoms with Crippen molar-refractivity contribution >= 4 is 64.3 Å². The number of nitrogens with two attached hydrogens (primary N) is 4. The van der Waals surface area contributed by atoms with E-state index in [0.29, 0.717) is 66.0 Å². The van der Waals surface area contributed by atoms with Gasteiger partial charge in [0, 0.05) is 78.4 Å². The number of ketones is 1. The normalized spacial score (nSPS) is 22.3. The Morgan fingerprint density at radius 1 is 0.791 bits per heavy atom. The fourth-order valence-corrected chi connectivity index (χ4v) is 5.57. The maximum atomic E-state index is 12.8. The zero-order chi connectivity index (χ0) is 30.7. The Labute approximate surface area is 259 Å². The van der Waals surface area contributed by atoms with Crippen molar-refractivity contribution in [3.8, 4) is 0 Å². The van der Waals surface area contributed by atoms with Crippen LogP contribution in [0.4, 0.5) is 29.2 Å². The van der Waals surface area contributed by atoms with Gasteiger partial charge in [0.15, 0.2) is 5.78 Å². The van der Waals surface area contributed by atoms with Gasteiger partial charge < -0.3 is 38.1 Å². The molecule has 3 aromatic rings. The van der Waals surface area contributed by atoms with E-state index in [0.717, 1.165) is 17.3 Å². The van der Waals surface area contributed by atoms with Crippen molar-refractivity contribution in [1.29, 1.82) is 0 Å². The molecule has 0 bridgehead atoms. The molecule has 15 heteroatoms. The number of benzene rings is 2. The van der Waals surface area contributed by atoms with E-state index >= 15 is 0 Å². The largest absolute Gasteiger partial charge is 0.338 e. The van der Waals surface area contributed by atoms with Crippen LogP contribution in [0.3, 0.4) is 0 Å². The topological polar surface area (TPSA) is 199 Å². The minimum atomic E-state index is -0.560. The molecule has 0 spiro atoms. The predicted octanol–water partition coefficient (Wildman–Crippen LogP) is 1.76. The van der Waals surface area contributed by atoms with E-state index in [4.69, 9.17) is 51.3 Å². The van der Waals surface area contributed by atoms with Crippen molar-refractivity contribution in [2.75, 3.05) is 45.7 Å². The molecule has 2 aliphatic rings. The van der Waals surface area contributed by atoms with E-state index in [-0.39, 0.29) is 30.0 Å². The summed E-state index contributed by atoms with van der Waals surface area (Å²) in [5, 5.41) is 3.71. The molecule has 4 atom stereocenters. The highest BCUT2D eigenvalue weighted by Crippen LogP contribution is 2.25. The average Bonchev–Trinajstić information content (AvgIpc) is 2.96. The number of halogens is 2. The Kier molecular flexibility index (Phi) is 9.59. The Morgan fingerprint density at radius 3 is 1.77 bits per heavy atom. The summed E-state index contributed by atoms with van der Waals surface area (Å²) in [7, 11) is 0. The molecule has 2 saturated heterocycles. The lowest BCUT2D eigenvalue weighted by Crippen LogP contribution is -2.54. The van der Waals surface area contributed by atoms with Crippen molar-refractivity contribution < 1.29 is 9.59 Å². The summed E-state index contributed by atoms with van der Waals surface area (Å²) >= 11 is 12.0. The van der Waals surface area contributed by atoms with Gasteiger partial charge in [-0.2, -0.15) is 15.0 Å². The standard InChI is InChI=1S/C28H35Cl2N11O2/c29-17-3-7-23(8-4-17)41(30)25(43)11-24(42)16-1-5-22(6-2-16)35-26-36-27(39-12-18(31)9-19(32)13-39)38-28(37-26)40-14-20(33)10-21(34)15-40/h1-8,18-21H,9-15,31-34H2,(H,35,36,37,38)/t18-,19+,20-,21+. The van der Waals surface area contributed by atoms with Crippen LogP contribution in [0.15, 0.2) is 48.5 Å². The number of carbonyl (C=O) groups is 2. The Hall–Kier alpha value is -3.59. The number of aromatic nitrogens is 3. The maximum absolute atomic E-state index is 12.8. The second-order valence-corrected chi connectivity index (χ2v) is 11.8. The van der Waals surface area contributed by atoms with Crippen LogP contribution in [0.25, 0.3) is 0 Å². The van der Waals surface area contributed by atoms with Crippen LogP contribution in [0.2, 0.25) is 5.02 Å². The van der Waals surface area contributed by atoms with Crippen molar-refractivity contribution in [3.63, 3.8) is 0 Å². The molecule has 3 heterocycles. The number of hydrogen-bond donors (Lipinski definition) is 5. The van der Waals surface area contributed by atoms with Crippen LogP contribution in [0.5, 0.6) is 0 Å². The molecular formula is C28H35Cl2N11O2. The molecule has 0 unspecified atom stereocenters. The molecule has 0 aliphatic carbocycles. The Balaban J connectivity index is 1.31. The fourth-order valence-electron chi connectivity index (χ4n) is 5.27. The number of nitrogens with zero attached hydrogens (tertiary/aromatic N) is 6. The number of rotatable bonds is 8. The van der Waals surface area contributed by atoms with E-state index in [9.17, 15) is 9.59 Å². The van der Waals surface area contributed by atoms with E-state index < -0.39 is 12.3 Å². The highest BCUT2D eigenvalue weighted by Gasteiger charge is 2.29. The number of anilines is 5. The number of piperidine rings is 2. The summed E-state index contributed by atoms with van der Waals surface area (Å²) in [6.07, 6.45) is 1.03. The molecular weight excluding hydrogens is 593 g/mol. The highest BCUT2D eigenvalue weighted by atomic mass is 35.5. The summed E-state index contributed by atoms with van der Waals surface area (Å²) in [4.78, 5) is 43.4. The van der Waals surface area contributed by atoms with E-state index in [2.05, 4.69) is 15.3 Å². The van der Waals surface area contributed by atoms with E-state index in [1.54, 1.807) is 48.5 Å². The number of amides is 1. The van der Waals surface area contributed by atoms with Gasteiger partial charge in [0.05, 0.1) is 12.1 Å². The third-order valence-corrected chi connectivity index (χ3v) is 7.89. The first kappa shape index (κ1) is 30.9. The smallest absolute Gasteiger partial charge is 0.249 e. The van der Waals surface area contributed by atoms with Crippen LogP contribution in [0.1, 0.15) is 29.6 Å². The molecule has 43 heavy (non-hydrogen) atoms. The molecule has 1 amide bonds.